The fourth-order valence-electron chi connectivity index (χ4n) is 2.56. The van der Waals surface area contributed by atoms with Gasteiger partial charge in [0.25, 0.3) is 0 Å². The lowest BCUT2D eigenvalue weighted by atomic mass is 9.92. The minimum Gasteiger partial charge on any atom is -0.0622 e. The van der Waals surface area contributed by atoms with Gasteiger partial charge in [0.15, 0.2) is 0 Å². The van der Waals surface area contributed by atoms with Crippen LogP contribution in [0.4, 0.5) is 0 Å². The van der Waals surface area contributed by atoms with Gasteiger partial charge in [0.2, 0.25) is 0 Å². The summed E-state index contributed by atoms with van der Waals surface area (Å²) >= 11 is 0. The minimum atomic E-state index is 1.06. The molecule has 0 amide bonds. The highest BCUT2D eigenvalue weighted by molar-refractivity contribution is 5.98. The summed E-state index contributed by atoms with van der Waals surface area (Å²) in [7, 11) is 0. The van der Waals surface area contributed by atoms with E-state index in [0.717, 1.165) is 6.42 Å². The van der Waals surface area contributed by atoms with Gasteiger partial charge in [-0.2, -0.15) is 0 Å². The summed E-state index contributed by atoms with van der Waals surface area (Å²) in [4.78, 5) is 0. The number of benzene rings is 3. The van der Waals surface area contributed by atoms with Crippen molar-refractivity contribution in [2.24, 2.45) is 0 Å². The highest BCUT2D eigenvalue weighted by atomic mass is 14.1. The third kappa shape index (κ3) is 1.80. The number of hydrogen-bond acceptors (Lipinski definition) is 0. The Morgan fingerprint density at radius 2 is 1.44 bits per heavy atom. The maximum atomic E-state index is 2.25. The van der Waals surface area contributed by atoms with Gasteiger partial charge in [-0.05, 0) is 33.9 Å². The van der Waals surface area contributed by atoms with Crippen molar-refractivity contribution in [2.45, 2.75) is 13.3 Å². The number of aryl methyl sites for hydroxylation is 1. The van der Waals surface area contributed by atoms with Crippen molar-refractivity contribution in [1.82, 2.24) is 0 Å². The van der Waals surface area contributed by atoms with E-state index in [-0.39, 0.29) is 0 Å². The Balaban J connectivity index is 2.38. The molecule has 0 atom stereocenters. The summed E-state index contributed by atoms with van der Waals surface area (Å²) in [6.45, 7) is 2.22. The molecular formula is C18H16. The van der Waals surface area contributed by atoms with Crippen LogP contribution in [0.5, 0.6) is 0 Å². The summed E-state index contributed by atoms with van der Waals surface area (Å²) in [6, 6.07) is 23.8. The second kappa shape index (κ2) is 4.66. The normalized spacial score (nSPS) is 10.7. The van der Waals surface area contributed by atoms with E-state index in [2.05, 4.69) is 73.7 Å². The molecule has 0 heteroatoms. The van der Waals surface area contributed by atoms with Crippen LogP contribution >= 0.6 is 0 Å². The highest BCUT2D eigenvalue weighted by Crippen LogP contribution is 2.32. The number of hydrogen-bond donors (Lipinski definition) is 0. The van der Waals surface area contributed by atoms with Crippen molar-refractivity contribution in [3.8, 4) is 11.1 Å². The van der Waals surface area contributed by atoms with Gasteiger partial charge in [0, 0.05) is 0 Å². The van der Waals surface area contributed by atoms with Crippen LogP contribution in [-0.2, 0) is 6.42 Å². The lowest BCUT2D eigenvalue weighted by molar-refractivity contribution is 1.15. The molecule has 0 spiro atoms. The van der Waals surface area contributed by atoms with Crippen LogP contribution in [0.15, 0.2) is 66.7 Å². The average Bonchev–Trinajstić information content (AvgIpc) is 2.47. The summed E-state index contributed by atoms with van der Waals surface area (Å²) in [5.41, 5.74) is 4.11. The van der Waals surface area contributed by atoms with E-state index in [0.29, 0.717) is 0 Å². The molecule has 0 bridgehead atoms. The maximum absolute atomic E-state index is 2.25. The van der Waals surface area contributed by atoms with Gasteiger partial charge in [-0.1, -0.05) is 73.7 Å². The molecule has 88 valence electrons. The molecule has 3 aromatic rings. The molecule has 0 saturated carbocycles. The summed E-state index contributed by atoms with van der Waals surface area (Å²) in [5.74, 6) is 0. The Bertz CT molecular complexity index is 666. The van der Waals surface area contributed by atoms with Gasteiger partial charge < -0.3 is 0 Å². The Hall–Kier alpha value is -2.08. The van der Waals surface area contributed by atoms with Gasteiger partial charge in [-0.15, -0.1) is 0 Å². The smallest absolute Gasteiger partial charge is 0.00734 e. The van der Waals surface area contributed by atoms with Crippen molar-refractivity contribution in [2.75, 3.05) is 0 Å². The lowest BCUT2D eigenvalue weighted by Crippen LogP contribution is -1.89. The molecular weight excluding hydrogens is 216 g/mol. The summed E-state index contributed by atoms with van der Waals surface area (Å²) in [6.07, 6.45) is 1.06. The van der Waals surface area contributed by atoms with Gasteiger partial charge >= 0.3 is 0 Å². The fraction of sp³-hybridized carbons (Fsp3) is 0.111. The standard InChI is InChI=1S/C18H16/c1-2-14-12-13-15-8-6-7-11-17(15)18(14)16-9-4-3-5-10-16/h3-13H,2H2,1H3. The molecule has 0 N–H and O–H groups in total. The van der Waals surface area contributed by atoms with Gasteiger partial charge in [0.1, 0.15) is 0 Å². The minimum absolute atomic E-state index is 1.06. The van der Waals surface area contributed by atoms with E-state index in [1.165, 1.54) is 27.5 Å². The summed E-state index contributed by atoms with van der Waals surface area (Å²) in [5, 5.41) is 2.66. The van der Waals surface area contributed by atoms with Crippen LogP contribution in [0.1, 0.15) is 12.5 Å². The highest BCUT2D eigenvalue weighted by Gasteiger charge is 2.07. The molecule has 3 rings (SSSR count). The van der Waals surface area contributed by atoms with E-state index in [1.54, 1.807) is 0 Å². The SMILES string of the molecule is CCc1ccc2ccccc2c1-c1ccccc1. The van der Waals surface area contributed by atoms with Crippen LogP contribution in [0.2, 0.25) is 0 Å². The molecule has 0 fully saturated rings. The first-order chi connectivity index (χ1) is 8.90. The first-order valence-electron chi connectivity index (χ1n) is 6.46. The molecule has 18 heavy (non-hydrogen) atoms. The van der Waals surface area contributed by atoms with Crippen molar-refractivity contribution >= 4 is 10.8 Å². The van der Waals surface area contributed by atoms with E-state index in [1.807, 2.05) is 0 Å². The third-order valence-electron chi connectivity index (χ3n) is 3.46. The molecule has 0 aliphatic heterocycles. The zero-order valence-corrected chi connectivity index (χ0v) is 10.6. The Labute approximate surface area is 108 Å². The molecule has 0 saturated heterocycles. The van der Waals surface area contributed by atoms with Gasteiger partial charge in [-0.25, -0.2) is 0 Å². The monoisotopic (exact) mass is 232 g/mol. The van der Waals surface area contributed by atoms with E-state index < -0.39 is 0 Å². The zero-order chi connectivity index (χ0) is 12.4. The Morgan fingerprint density at radius 1 is 0.722 bits per heavy atom. The fourth-order valence-corrected chi connectivity index (χ4v) is 2.56. The average molecular weight is 232 g/mol. The number of fused-ring (bicyclic) bond motifs is 1. The largest absolute Gasteiger partial charge is 0.0622 e. The quantitative estimate of drug-likeness (QED) is 0.578. The molecule has 0 radical (unpaired) electrons. The Morgan fingerprint density at radius 3 is 2.22 bits per heavy atom. The molecule has 0 unspecified atom stereocenters. The predicted octanol–water partition coefficient (Wildman–Crippen LogP) is 5.07. The van der Waals surface area contributed by atoms with Crippen LogP contribution in [0, 0.1) is 0 Å². The van der Waals surface area contributed by atoms with Crippen LogP contribution in [0.3, 0.4) is 0 Å². The Kier molecular flexibility index (Phi) is 2.85. The third-order valence-corrected chi connectivity index (χ3v) is 3.46. The van der Waals surface area contributed by atoms with Crippen LogP contribution < -0.4 is 0 Å². The van der Waals surface area contributed by atoms with E-state index in [9.17, 15) is 0 Å². The predicted molar refractivity (Wildman–Crippen MR) is 78.8 cm³/mol. The maximum Gasteiger partial charge on any atom is -0.00734 e. The van der Waals surface area contributed by atoms with Crippen LogP contribution in [-0.4, -0.2) is 0 Å². The topological polar surface area (TPSA) is 0 Å². The second-order valence-corrected chi connectivity index (χ2v) is 4.54. The lowest BCUT2D eigenvalue weighted by Gasteiger charge is -2.12. The molecule has 0 aliphatic rings. The molecule has 0 nitrogen and oxygen atoms in total. The molecule has 3 aromatic carbocycles. The van der Waals surface area contributed by atoms with Crippen molar-refractivity contribution < 1.29 is 0 Å². The van der Waals surface area contributed by atoms with Crippen LogP contribution in [0.25, 0.3) is 21.9 Å². The van der Waals surface area contributed by atoms with Crippen molar-refractivity contribution in [3.63, 3.8) is 0 Å². The summed E-state index contributed by atoms with van der Waals surface area (Å²) < 4.78 is 0. The first-order valence-corrected chi connectivity index (χ1v) is 6.46. The molecule has 0 heterocycles. The van der Waals surface area contributed by atoms with Gasteiger partial charge in [-0.3, -0.25) is 0 Å². The van der Waals surface area contributed by atoms with E-state index in [4.69, 9.17) is 0 Å². The second-order valence-electron chi connectivity index (χ2n) is 4.54. The molecule has 0 aliphatic carbocycles. The molecule has 0 aromatic heterocycles. The van der Waals surface area contributed by atoms with Crippen molar-refractivity contribution in [3.05, 3.63) is 72.3 Å². The van der Waals surface area contributed by atoms with Gasteiger partial charge in [0.05, 0.1) is 0 Å². The number of rotatable bonds is 2. The first kappa shape index (κ1) is 11.0. The van der Waals surface area contributed by atoms with E-state index >= 15 is 0 Å². The van der Waals surface area contributed by atoms with Crippen molar-refractivity contribution in [1.29, 1.82) is 0 Å². The zero-order valence-electron chi connectivity index (χ0n) is 10.6.